The summed E-state index contributed by atoms with van der Waals surface area (Å²) in [6.07, 6.45) is 3.87. The van der Waals surface area contributed by atoms with E-state index in [4.69, 9.17) is 4.74 Å². The van der Waals surface area contributed by atoms with Crippen molar-refractivity contribution in [2.45, 2.75) is 25.7 Å². The van der Waals surface area contributed by atoms with Crippen LogP contribution in [-0.2, 0) is 10.0 Å². The number of hydrogen-bond acceptors (Lipinski definition) is 5. The molecule has 1 aromatic carbocycles. The summed E-state index contributed by atoms with van der Waals surface area (Å²) in [4.78, 5) is 16.5. The summed E-state index contributed by atoms with van der Waals surface area (Å²) in [6.45, 7) is 7.64. The maximum atomic E-state index is 13.4. The van der Waals surface area contributed by atoms with E-state index in [0.29, 0.717) is 31.0 Å². The molecule has 0 saturated carbocycles. The summed E-state index contributed by atoms with van der Waals surface area (Å²) in [5.41, 5.74) is 1.68. The van der Waals surface area contributed by atoms with Gasteiger partial charge in [0.2, 0.25) is 10.0 Å². The minimum absolute atomic E-state index is 0.0475. The smallest absolute Gasteiger partial charge is 0.257 e. The molecule has 0 unspecified atom stereocenters. The first-order chi connectivity index (χ1) is 15.3. The van der Waals surface area contributed by atoms with Crippen LogP contribution in [0.1, 0.15) is 27.7 Å². The molecule has 0 atom stereocenters. The fraction of sp³-hybridized carbons (Fsp3) is 0.348. The Kier molecular flexibility index (Phi) is 6.41. The van der Waals surface area contributed by atoms with Crippen LogP contribution in [0.3, 0.4) is 0 Å². The average molecular weight is 474 g/mol. The van der Waals surface area contributed by atoms with Crippen molar-refractivity contribution in [3.05, 3.63) is 64.8 Å². The third kappa shape index (κ3) is 4.20. The summed E-state index contributed by atoms with van der Waals surface area (Å²) in [7, 11) is -3.62. The average Bonchev–Trinajstić information content (AvgIpc) is 3.43. The van der Waals surface area contributed by atoms with Crippen molar-refractivity contribution in [2.24, 2.45) is 0 Å². The Morgan fingerprint density at radius 3 is 2.25 bits per heavy atom. The summed E-state index contributed by atoms with van der Waals surface area (Å²) in [5.74, 6) is 0.593. The molecule has 1 amide bonds. The molecule has 0 spiro atoms. The highest BCUT2D eigenvalue weighted by Gasteiger charge is 2.32. The van der Waals surface area contributed by atoms with Crippen molar-refractivity contribution in [3.8, 4) is 10.8 Å². The molecule has 7 nitrogen and oxygen atoms in total. The third-order valence-electron chi connectivity index (χ3n) is 5.72. The highest BCUT2D eigenvalue weighted by atomic mass is 32.2. The van der Waals surface area contributed by atoms with Gasteiger partial charge in [-0.3, -0.25) is 4.79 Å². The number of nitrogens with zero attached hydrogens (tertiary/aromatic N) is 3. The summed E-state index contributed by atoms with van der Waals surface area (Å²) in [5, 5.41) is 0.902. The van der Waals surface area contributed by atoms with Gasteiger partial charge in [0, 0.05) is 43.4 Å². The Hall–Kier alpha value is -2.62. The van der Waals surface area contributed by atoms with Crippen molar-refractivity contribution < 1.29 is 17.9 Å². The van der Waals surface area contributed by atoms with Gasteiger partial charge in [-0.05, 0) is 62.7 Å². The molecular weight excluding hydrogens is 446 g/mol. The Balaban J connectivity index is 1.49. The van der Waals surface area contributed by atoms with Crippen LogP contribution in [0.5, 0.6) is 5.75 Å². The molecule has 32 heavy (non-hydrogen) atoms. The maximum Gasteiger partial charge on any atom is 0.257 e. The lowest BCUT2D eigenvalue weighted by molar-refractivity contribution is 0.0697. The first-order valence-corrected chi connectivity index (χ1v) is 12.8. The molecule has 3 heterocycles. The lowest BCUT2D eigenvalue weighted by Crippen LogP contribution is -2.50. The lowest BCUT2D eigenvalue weighted by Gasteiger charge is -2.34. The standard InChI is InChI=1S/C23H27N3O4S2/c1-4-30-19-7-9-20(10-8-19)32(28,29)26-15-13-24(14-16-26)22(27)21-17(2)18(3)31-23(21)25-11-5-6-12-25/h5-12H,4,13-16H2,1-3H3. The van der Waals surface area contributed by atoms with Crippen LogP contribution < -0.4 is 4.74 Å². The number of amides is 1. The second-order valence-electron chi connectivity index (χ2n) is 7.65. The third-order valence-corrected chi connectivity index (χ3v) is 8.85. The molecule has 0 N–H and O–H groups in total. The van der Waals surface area contributed by atoms with E-state index in [-0.39, 0.29) is 23.9 Å². The van der Waals surface area contributed by atoms with Crippen molar-refractivity contribution in [2.75, 3.05) is 32.8 Å². The van der Waals surface area contributed by atoms with Gasteiger partial charge in [0.15, 0.2) is 0 Å². The number of aromatic nitrogens is 1. The first kappa shape index (κ1) is 22.6. The molecule has 2 aromatic heterocycles. The van der Waals surface area contributed by atoms with Gasteiger partial charge in [0.1, 0.15) is 10.8 Å². The van der Waals surface area contributed by atoms with Crippen molar-refractivity contribution >= 4 is 27.3 Å². The number of sulfonamides is 1. The van der Waals surface area contributed by atoms with Gasteiger partial charge in [-0.25, -0.2) is 8.42 Å². The highest BCUT2D eigenvalue weighted by molar-refractivity contribution is 7.89. The van der Waals surface area contributed by atoms with E-state index < -0.39 is 10.0 Å². The fourth-order valence-electron chi connectivity index (χ4n) is 3.83. The molecule has 4 rings (SSSR count). The van der Waals surface area contributed by atoms with Gasteiger partial charge in [0.25, 0.3) is 5.91 Å². The molecule has 0 radical (unpaired) electrons. The molecule has 0 aliphatic carbocycles. The Morgan fingerprint density at radius 2 is 1.66 bits per heavy atom. The largest absolute Gasteiger partial charge is 0.494 e. The van der Waals surface area contributed by atoms with Crippen LogP contribution in [0.2, 0.25) is 0 Å². The van der Waals surface area contributed by atoms with E-state index in [0.717, 1.165) is 15.4 Å². The number of ether oxygens (including phenoxy) is 1. The number of carbonyl (C=O) groups excluding carboxylic acids is 1. The SMILES string of the molecule is CCOc1ccc(S(=O)(=O)N2CCN(C(=O)c3c(-n4cccc4)sc(C)c3C)CC2)cc1. The zero-order valence-electron chi connectivity index (χ0n) is 18.4. The summed E-state index contributed by atoms with van der Waals surface area (Å²) in [6, 6.07) is 10.3. The van der Waals surface area contributed by atoms with Gasteiger partial charge in [-0.1, -0.05) is 0 Å². The van der Waals surface area contributed by atoms with Crippen molar-refractivity contribution in [3.63, 3.8) is 0 Å². The Labute approximate surface area is 192 Å². The molecule has 170 valence electrons. The fourth-order valence-corrected chi connectivity index (χ4v) is 6.36. The number of piperazine rings is 1. The Bertz CT molecular complexity index is 1190. The molecular formula is C23H27N3O4S2. The van der Waals surface area contributed by atoms with Crippen LogP contribution in [-0.4, -0.2) is 60.9 Å². The number of thiophene rings is 1. The second kappa shape index (κ2) is 9.09. The van der Waals surface area contributed by atoms with Gasteiger partial charge in [0.05, 0.1) is 17.1 Å². The van der Waals surface area contributed by atoms with E-state index >= 15 is 0 Å². The quantitative estimate of drug-likeness (QED) is 0.547. The number of carbonyl (C=O) groups is 1. The van der Waals surface area contributed by atoms with E-state index in [9.17, 15) is 13.2 Å². The summed E-state index contributed by atoms with van der Waals surface area (Å²) < 4.78 is 34.9. The maximum absolute atomic E-state index is 13.4. The van der Waals surface area contributed by atoms with Gasteiger partial charge in [-0.15, -0.1) is 11.3 Å². The van der Waals surface area contributed by atoms with E-state index in [1.807, 2.05) is 49.9 Å². The molecule has 0 bridgehead atoms. The van der Waals surface area contributed by atoms with Gasteiger partial charge in [-0.2, -0.15) is 4.31 Å². The minimum atomic E-state index is -3.62. The summed E-state index contributed by atoms with van der Waals surface area (Å²) >= 11 is 1.60. The van der Waals surface area contributed by atoms with Crippen LogP contribution in [0, 0.1) is 13.8 Å². The lowest BCUT2D eigenvalue weighted by atomic mass is 10.1. The zero-order chi connectivity index (χ0) is 22.9. The predicted octanol–water partition coefficient (Wildman–Crippen LogP) is 3.70. The minimum Gasteiger partial charge on any atom is -0.494 e. The number of rotatable bonds is 6. The van der Waals surface area contributed by atoms with E-state index in [1.165, 1.54) is 4.31 Å². The number of hydrogen-bond donors (Lipinski definition) is 0. The van der Waals surface area contributed by atoms with Crippen LogP contribution in [0.15, 0.2) is 53.7 Å². The Morgan fingerprint density at radius 1 is 1.03 bits per heavy atom. The van der Waals surface area contributed by atoms with Crippen LogP contribution in [0.4, 0.5) is 0 Å². The molecule has 3 aromatic rings. The second-order valence-corrected chi connectivity index (χ2v) is 10.8. The molecule has 9 heteroatoms. The van der Waals surface area contributed by atoms with Gasteiger partial charge < -0.3 is 14.2 Å². The molecule has 1 saturated heterocycles. The van der Waals surface area contributed by atoms with Gasteiger partial charge >= 0.3 is 0 Å². The number of aryl methyl sites for hydroxylation is 1. The van der Waals surface area contributed by atoms with E-state index in [2.05, 4.69) is 0 Å². The van der Waals surface area contributed by atoms with E-state index in [1.54, 1.807) is 40.5 Å². The molecule has 1 fully saturated rings. The van der Waals surface area contributed by atoms with Crippen LogP contribution in [0.25, 0.3) is 5.00 Å². The predicted molar refractivity (Wildman–Crippen MR) is 125 cm³/mol. The molecule has 1 aliphatic rings. The normalized spacial score (nSPS) is 15.2. The zero-order valence-corrected chi connectivity index (χ0v) is 20.1. The highest BCUT2D eigenvalue weighted by Crippen LogP contribution is 2.32. The van der Waals surface area contributed by atoms with Crippen molar-refractivity contribution in [1.29, 1.82) is 0 Å². The van der Waals surface area contributed by atoms with Crippen LogP contribution >= 0.6 is 11.3 Å². The van der Waals surface area contributed by atoms with Crippen molar-refractivity contribution in [1.82, 2.24) is 13.8 Å². The topological polar surface area (TPSA) is 71.9 Å². The number of benzene rings is 1. The monoisotopic (exact) mass is 473 g/mol. The molecule has 1 aliphatic heterocycles. The first-order valence-electron chi connectivity index (χ1n) is 10.6.